The van der Waals surface area contributed by atoms with E-state index in [1.807, 2.05) is 18.2 Å². The Balaban J connectivity index is 2.61. The van der Waals surface area contributed by atoms with Crippen molar-refractivity contribution in [3.8, 4) is 5.75 Å². The second kappa shape index (κ2) is 6.28. The molecule has 0 saturated heterocycles. The van der Waals surface area contributed by atoms with Gasteiger partial charge in [0.25, 0.3) is 0 Å². The number of unbranched alkanes of at least 4 members (excludes halogenated alkanes) is 1. The lowest BCUT2D eigenvalue weighted by Crippen LogP contribution is -1.97. The number of ether oxygens (including phenoxy) is 1. The molecule has 0 aliphatic heterocycles. The minimum Gasteiger partial charge on any atom is -0.494 e. The number of benzene rings is 1. The highest BCUT2D eigenvalue weighted by atomic mass is 16.5. The van der Waals surface area contributed by atoms with Crippen LogP contribution in [0.25, 0.3) is 0 Å². The topological polar surface area (TPSA) is 9.23 Å². The third kappa shape index (κ3) is 3.78. The van der Waals surface area contributed by atoms with Gasteiger partial charge in [0.15, 0.2) is 0 Å². The second-order valence-electron chi connectivity index (χ2n) is 3.62. The SMILES string of the molecule is C=C[C](C)c1cccc(OCCCC)c1. The summed E-state index contributed by atoms with van der Waals surface area (Å²) in [7, 11) is 0. The maximum absolute atomic E-state index is 5.63. The van der Waals surface area contributed by atoms with Crippen molar-refractivity contribution in [3.05, 3.63) is 48.4 Å². The van der Waals surface area contributed by atoms with Crippen LogP contribution in [0.2, 0.25) is 0 Å². The van der Waals surface area contributed by atoms with E-state index < -0.39 is 0 Å². The minimum absolute atomic E-state index is 0.799. The van der Waals surface area contributed by atoms with E-state index in [1.165, 1.54) is 11.5 Å². The normalized spacial score (nSPS) is 10.3. The first-order chi connectivity index (χ1) is 7.27. The number of hydrogen-bond acceptors (Lipinski definition) is 1. The summed E-state index contributed by atoms with van der Waals surface area (Å²) in [6.45, 7) is 8.78. The largest absolute Gasteiger partial charge is 0.494 e. The van der Waals surface area contributed by atoms with Gasteiger partial charge in [-0.2, -0.15) is 0 Å². The van der Waals surface area contributed by atoms with E-state index in [9.17, 15) is 0 Å². The van der Waals surface area contributed by atoms with Crippen molar-refractivity contribution < 1.29 is 4.74 Å². The first-order valence-corrected chi connectivity index (χ1v) is 5.47. The van der Waals surface area contributed by atoms with Gasteiger partial charge in [-0.05, 0) is 24.1 Å². The molecule has 0 spiro atoms. The first kappa shape index (κ1) is 11.8. The molecular weight excluding hydrogens is 184 g/mol. The fourth-order valence-electron chi connectivity index (χ4n) is 1.28. The summed E-state index contributed by atoms with van der Waals surface area (Å²) >= 11 is 0. The van der Waals surface area contributed by atoms with Crippen LogP contribution in [0, 0.1) is 5.92 Å². The van der Waals surface area contributed by atoms with Crippen molar-refractivity contribution >= 4 is 0 Å². The highest BCUT2D eigenvalue weighted by molar-refractivity contribution is 5.40. The van der Waals surface area contributed by atoms with E-state index in [2.05, 4.69) is 32.6 Å². The molecule has 0 aliphatic rings. The maximum Gasteiger partial charge on any atom is 0.119 e. The maximum atomic E-state index is 5.63. The summed E-state index contributed by atoms with van der Waals surface area (Å²) < 4.78 is 5.63. The van der Waals surface area contributed by atoms with Crippen molar-refractivity contribution in [1.29, 1.82) is 0 Å². The summed E-state index contributed by atoms with van der Waals surface area (Å²) in [4.78, 5) is 0. The van der Waals surface area contributed by atoms with Crippen molar-refractivity contribution in [3.63, 3.8) is 0 Å². The Bertz CT molecular complexity index is 304. The quantitative estimate of drug-likeness (QED) is 0.635. The van der Waals surface area contributed by atoms with E-state index >= 15 is 0 Å². The van der Waals surface area contributed by atoms with Crippen molar-refractivity contribution in [2.45, 2.75) is 26.7 Å². The summed E-state index contributed by atoms with van der Waals surface area (Å²) in [6, 6.07) is 8.15. The molecule has 81 valence electrons. The van der Waals surface area contributed by atoms with Crippen LogP contribution in [0.1, 0.15) is 32.3 Å². The first-order valence-electron chi connectivity index (χ1n) is 5.47. The molecule has 1 aromatic rings. The van der Waals surface area contributed by atoms with E-state index in [1.54, 1.807) is 0 Å². The van der Waals surface area contributed by atoms with Gasteiger partial charge in [0.1, 0.15) is 5.75 Å². The van der Waals surface area contributed by atoms with Crippen molar-refractivity contribution in [1.82, 2.24) is 0 Å². The molecule has 0 aliphatic carbocycles. The van der Waals surface area contributed by atoms with Gasteiger partial charge in [0.2, 0.25) is 0 Å². The molecule has 0 fully saturated rings. The molecule has 1 rings (SSSR count). The third-order valence-electron chi connectivity index (χ3n) is 2.36. The smallest absolute Gasteiger partial charge is 0.119 e. The van der Waals surface area contributed by atoms with Gasteiger partial charge >= 0.3 is 0 Å². The predicted molar refractivity (Wildman–Crippen MR) is 65.1 cm³/mol. The molecule has 0 saturated carbocycles. The fourth-order valence-corrected chi connectivity index (χ4v) is 1.28. The summed E-state index contributed by atoms with van der Waals surface area (Å²) in [5, 5.41) is 0. The van der Waals surface area contributed by atoms with Crippen LogP contribution in [0.3, 0.4) is 0 Å². The Morgan fingerprint density at radius 2 is 2.27 bits per heavy atom. The van der Waals surface area contributed by atoms with Gasteiger partial charge in [-0.25, -0.2) is 0 Å². The third-order valence-corrected chi connectivity index (χ3v) is 2.36. The van der Waals surface area contributed by atoms with Crippen molar-refractivity contribution in [2.24, 2.45) is 0 Å². The van der Waals surface area contributed by atoms with Crippen LogP contribution in [0.15, 0.2) is 36.9 Å². The van der Waals surface area contributed by atoms with Crippen LogP contribution in [-0.2, 0) is 0 Å². The zero-order valence-corrected chi connectivity index (χ0v) is 9.62. The van der Waals surface area contributed by atoms with E-state index in [0.717, 1.165) is 25.2 Å². The average Bonchev–Trinajstić information content (AvgIpc) is 2.29. The molecule has 0 N–H and O–H groups in total. The van der Waals surface area contributed by atoms with Crippen LogP contribution in [0.5, 0.6) is 5.75 Å². The van der Waals surface area contributed by atoms with Gasteiger partial charge in [0.05, 0.1) is 6.61 Å². The van der Waals surface area contributed by atoms with Gasteiger partial charge in [-0.3, -0.25) is 0 Å². The number of allylic oxidation sites excluding steroid dienone is 1. The Morgan fingerprint density at radius 3 is 2.93 bits per heavy atom. The highest BCUT2D eigenvalue weighted by Crippen LogP contribution is 2.20. The predicted octanol–water partition coefficient (Wildman–Crippen LogP) is 3.99. The molecule has 0 atom stereocenters. The summed E-state index contributed by atoms with van der Waals surface area (Å²) in [6.07, 6.45) is 4.14. The Hall–Kier alpha value is -1.24. The Kier molecular flexibility index (Phi) is 4.96. The molecule has 0 amide bonds. The Labute approximate surface area is 92.8 Å². The molecule has 1 heteroatoms. The number of hydrogen-bond donors (Lipinski definition) is 0. The summed E-state index contributed by atoms with van der Waals surface area (Å²) in [5.74, 6) is 2.12. The van der Waals surface area contributed by atoms with Gasteiger partial charge in [0, 0.05) is 5.92 Å². The lowest BCUT2D eigenvalue weighted by molar-refractivity contribution is 0.309. The molecule has 15 heavy (non-hydrogen) atoms. The van der Waals surface area contributed by atoms with E-state index in [4.69, 9.17) is 4.74 Å². The van der Waals surface area contributed by atoms with Gasteiger partial charge < -0.3 is 4.74 Å². The molecule has 0 aromatic heterocycles. The zero-order chi connectivity index (χ0) is 11.1. The van der Waals surface area contributed by atoms with Crippen molar-refractivity contribution in [2.75, 3.05) is 6.61 Å². The standard InChI is InChI=1S/C14H19O/c1-4-6-10-15-14-9-7-8-13(11-14)12(3)5-2/h5,7-9,11H,2,4,6,10H2,1,3H3. The Morgan fingerprint density at radius 1 is 1.47 bits per heavy atom. The second-order valence-corrected chi connectivity index (χ2v) is 3.62. The van der Waals surface area contributed by atoms with Gasteiger partial charge in [-0.1, -0.05) is 38.5 Å². The molecule has 0 heterocycles. The van der Waals surface area contributed by atoms with Crippen LogP contribution >= 0.6 is 0 Å². The van der Waals surface area contributed by atoms with Gasteiger partial charge in [-0.15, -0.1) is 6.58 Å². The van der Waals surface area contributed by atoms with Crippen LogP contribution in [-0.4, -0.2) is 6.61 Å². The molecular formula is C14H19O. The lowest BCUT2D eigenvalue weighted by atomic mass is 10.0. The molecule has 0 bridgehead atoms. The minimum atomic E-state index is 0.799. The number of rotatable bonds is 6. The summed E-state index contributed by atoms with van der Waals surface area (Å²) in [5.41, 5.74) is 1.18. The monoisotopic (exact) mass is 203 g/mol. The molecule has 0 unspecified atom stereocenters. The molecule has 1 aromatic carbocycles. The zero-order valence-electron chi connectivity index (χ0n) is 9.62. The lowest BCUT2D eigenvalue weighted by Gasteiger charge is -2.09. The van der Waals surface area contributed by atoms with Crippen LogP contribution in [0.4, 0.5) is 0 Å². The molecule has 1 radical (unpaired) electrons. The average molecular weight is 203 g/mol. The highest BCUT2D eigenvalue weighted by Gasteiger charge is 2.02. The molecule has 1 nitrogen and oxygen atoms in total. The van der Waals surface area contributed by atoms with E-state index in [-0.39, 0.29) is 0 Å². The van der Waals surface area contributed by atoms with E-state index in [0.29, 0.717) is 0 Å². The fraction of sp³-hybridized carbons (Fsp3) is 0.357. The van der Waals surface area contributed by atoms with Crippen LogP contribution < -0.4 is 4.74 Å².